The summed E-state index contributed by atoms with van der Waals surface area (Å²) in [6.45, 7) is 6.67. The summed E-state index contributed by atoms with van der Waals surface area (Å²) in [5, 5.41) is 0. The number of hydrogen-bond acceptors (Lipinski definition) is 3. The Labute approximate surface area is 97.6 Å². The van der Waals surface area contributed by atoms with E-state index in [1.165, 1.54) is 0 Å². The van der Waals surface area contributed by atoms with Crippen LogP contribution in [0, 0.1) is 0 Å². The molecule has 0 spiro atoms. The Morgan fingerprint density at radius 2 is 1.94 bits per heavy atom. The molecule has 16 heavy (non-hydrogen) atoms. The molecule has 3 nitrogen and oxygen atoms in total. The third kappa shape index (κ3) is 3.74. The molecule has 3 heteroatoms. The molecular weight excluding hydrogens is 202 g/mol. The average Bonchev–Trinajstić information content (AvgIpc) is 2.29. The van der Waals surface area contributed by atoms with Crippen molar-refractivity contribution in [2.75, 3.05) is 6.61 Å². The Hall–Kier alpha value is -1.22. The fourth-order valence-electron chi connectivity index (χ4n) is 1.44. The molecule has 0 saturated carbocycles. The van der Waals surface area contributed by atoms with Crippen molar-refractivity contribution in [3.63, 3.8) is 0 Å². The van der Waals surface area contributed by atoms with Gasteiger partial charge in [-0.25, -0.2) is 0 Å². The van der Waals surface area contributed by atoms with Crippen LogP contribution in [0.2, 0.25) is 0 Å². The van der Waals surface area contributed by atoms with Gasteiger partial charge in [0, 0.05) is 12.1 Å². The maximum Gasteiger partial charge on any atom is 0.123 e. The first-order valence-electron chi connectivity index (χ1n) is 5.82. The van der Waals surface area contributed by atoms with E-state index in [0.717, 1.165) is 17.9 Å². The summed E-state index contributed by atoms with van der Waals surface area (Å²) in [4.78, 5) is 0. The van der Waals surface area contributed by atoms with Crippen LogP contribution in [0.15, 0.2) is 24.3 Å². The van der Waals surface area contributed by atoms with Gasteiger partial charge in [-0.05, 0) is 32.4 Å². The lowest BCUT2D eigenvalue weighted by atomic mass is 10.1. The van der Waals surface area contributed by atoms with Crippen LogP contribution in [-0.2, 0) is 0 Å². The molecule has 90 valence electrons. The lowest BCUT2D eigenvalue weighted by molar-refractivity contribution is 0.186. The van der Waals surface area contributed by atoms with Crippen molar-refractivity contribution < 1.29 is 9.47 Å². The second kappa shape index (κ2) is 6.38. The van der Waals surface area contributed by atoms with E-state index in [0.29, 0.717) is 6.61 Å². The third-order valence-corrected chi connectivity index (χ3v) is 2.51. The lowest BCUT2D eigenvalue weighted by Gasteiger charge is -2.20. The predicted octanol–water partition coefficient (Wildman–Crippen LogP) is 2.59. The quantitative estimate of drug-likeness (QED) is 0.806. The monoisotopic (exact) mass is 223 g/mol. The van der Waals surface area contributed by atoms with E-state index in [9.17, 15) is 0 Å². The van der Waals surface area contributed by atoms with Crippen LogP contribution in [-0.4, -0.2) is 18.8 Å². The first-order valence-corrected chi connectivity index (χ1v) is 5.82. The van der Waals surface area contributed by atoms with Gasteiger partial charge in [0.05, 0.1) is 6.61 Å². The van der Waals surface area contributed by atoms with Gasteiger partial charge in [0.25, 0.3) is 0 Å². The maximum absolute atomic E-state index is 5.90. The highest BCUT2D eigenvalue weighted by Crippen LogP contribution is 2.21. The number of nitrogens with two attached hydrogens (primary N) is 1. The Morgan fingerprint density at radius 1 is 1.25 bits per heavy atom. The molecule has 1 aromatic carbocycles. The van der Waals surface area contributed by atoms with E-state index in [-0.39, 0.29) is 12.1 Å². The molecule has 2 atom stereocenters. The fourth-order valence-corrected chi connectivity index (χ4v) is 1.44. The van der Waals surface area contributed by atoms with Gasteiger partial charge in [-0.2, -0.15) is 0 Å². The van der Waals surface area contributed by atoms with E-state index in [1.807, 2.05) is 38.1 Å². The van der Waals surface area contributed by atoms with Gasteiger partial charge in [-0.15, -0.1) is 0 Å². The van der Waals surface area contributed by atoms with Crippen molar-refractivity contribution in [3.05, 3.63) is 24.3 Å². The first-order chi connectivity index (χ1) is 7.67. The van der Waals surface area contributed by atoms with Crippen LogP contribution in [0.4, 0.5) is 0 Å². The van der Waals surface area contributed by atoms with E-state index < -0.39 is 0 Å². The average molecular weight is 223 g/mol. The lowest BCUT2D eigenvalue weighted by Crippen LogP contribution is -2.35. The Kier molecular flexibility index (Phi) is 5.12. The van der Waals surface area contributed by atoms with Crippen molar-refractivity contribution in [1.82, 2.24) is 0 Å². The summed E-state index contributed by atoms with van der Waals surface area (Å²) in [7, 11) is 0. The highest BCUT2D eigenvalue weighted by Gasteiger charge is 2.12. The Morgan fingerprint density at radius 3 is 2.56 bits per heavy atom. The van der Waals surface area contributed by atoms with Crippen LogP contribution in [0.1, 0.15) is 27.2 Å². The maximum atomic E-state index is 5.90. The fraction of sp³-hybridized carbons (Fsp3) is 0.538. The van der Waals surface area contributed by atoms with Crippen LogP contribution in [0.5, 0.6) is 11.5 Å². The van der Waals surface area contributed by atoms with E-state index in [2.05, 4.69) is 6.92 Å². The SMILES string of the molecule is CCOc1cccc(OC(C)C(N)CC)c1. The number of benzene rings is 1. The minimum atomic E-state index is 0.0156. The molecule has 0 bridgehead atoms. The molecule has 0 amide bonds. The summed E-state index contributed by atoms with van der Waals surface area (Å²) >= 11 is 0. The topological polar surface area (TPSA) is 44.5 Å². The van der Waals surface area contributed by atoms with Gasteiger partial charge in [0.15, 0.2) is 0 Å². The van der Waals surface area contributed by atoms with Crippen LogP contribution < -0.4 is 15.2 Å². The minimum absolute atomic E-state index is 0.0156. The molecule has 0 saturated heterocycles. The van der Waals surface area contributed by atoms with Gasteiger partial charge in [-0.1, -0.05) is 13.0 Å². The Bertz CT molecular complexity index is 315. The number of rotatable bonds is 6. The molecule has 2 N–H and O–H groups in total. The molecule has 0 radical (unpaired) electrons. The van der Waals surface area contributed by atoms with Gasteiger partial charge in [0.2, 0.25) is 0 Å². The second-order valence-electron chi connectivity index (χ2n) is 3.80. The van der Waals surface area contributed by atoms with Crippen molar-refractivity contribution >= 4 is 0 Å². The summed E-state index contributed by atoms with van der Waals surface area (Å²) in [6, 6.07) is 7.71. The zero-order valence-corrected chi connectivity index (χ0v) is 10.3. The summed E-state index contributed by atoms with van der Waals surface area (Å²) in [5.41, 5.74) is 5.90. The molecule has 1 rings (SSSR count). The van der Waals surface area contributed by atoms with E-state index in [4.69, 9.17) is 15.2 Å². The molecule has 0 aliphatic rings. The van der Waals surface area contributed by atoms with Gasteiger partial charge >= 0.3 is 0 Å². The minimum Gasteiger partial charge on any atom is -0.494 e. The van der Waals surface area contributed by atoms with Crippen molar-refractivity contribution in [1.29, 1.82) is 0 Å². The smallest absolute Gasteiger partial charge is 0.123 e. The summed E-state index contributed by atoms with van der Waals surface area (Å²) in [6.07, 6.45) is 0.925. The predicted molar refractivity (Wildman–Crippen MR) is 66.0 cm³/mol. The molecule has 0 fully saturated rings. The van der Waals surface area contributed by atoms with Crippen LogP contribution >= 0.6 is 0 Å². The van der Waals surface area contributed by atoms with Gasteiger partial charge < -0.3 is 15.2 Å². The van der Waals surface area contributed by atoms with Crippen molar-refractivity contribution in [3.8, 4) is 11.5 Å². The molecule has 2 unspecified atom stereocenters. The molecule has 0 aliphatic carbocycles. The van der Waals surface area contributed by atoms with Crippen molar-refractivity contribution in [2.45, 2.75) is 39.3 Å². The standard InChI is InChI=1S/C13H21NO2/c1-4-13(14)10(3)16-12-8-6-7-11(9-12)15-5-2/h6-10,13H,4-5,14H2,1-3H3. The van der Waals surface area contributed by atoms with Gasteiger partial charge in [0.1, 0.15) is 17.6 Å². The largest absolute Gasteiger partial charge is 0.494 e. The highest BCUT2D eigenvalue weighted by atomic mass is 16.5. The number of hydrogen-bond donors (Lipinski definition) is 1. The van der Waals surface area contributed by atoms with Gasteiger partial charge in [-0.3, -0.25) is 0 Å². The first kappa shape index (κ1) is 12.8. The van der Waals surface area contributed by atoms with E-state index in [1.54, 1.807) is 0 Å². The third-order valence-electron chi connectivity index (χ3n) is 2.51. The van der Waals surface area contributed by atoms with Crippen LogP contribution in [0.25, 0.3) is 0 Å². The molecule has 0 aliphatic heterocycles. The normalized spacial score (nSPS) is 14.2. The number of ether oxygens (including phenoxy) is 2. The van der Waals surface area contributed by atoms with E-state index >= 15 is 0 Å². The zero-order chi connectivity index (χ0) is 12.0. The second-order valence-corrected chi connectivity index (χ2v) is 3.80. The summed E-state index contributed by atoms with van der Waals surface area (Å²) < 4.78 is 11.2. The molecule has 0 aromatic heterocycles. The molecule has 1 aromatic rings. The van der Waals surface area contributed by atoms with Crippen LogP contribution in [0.3, 0.4) is 0 Å². The zero-order valence-electron chi connectivity index (χ0n) is 10.3. The molecular formula is C13H21NO2. The Balaban J connectivity index is 2.62. The summed E-state index contributed by atoms with van der Waals surface area (Å²) in [5.74, 6) is 1.64. The van der Waals surface area contributed by atoms with Crippen molar-refractivity contribution in [2.24, 2.45) is 5.73 Å². The molecule has 0 heterocycles. The highest BCUT2D eigenvalue weighted by molar-refractivity contribution is 5.33.